The number of rotatable bonds is 5. The minimum atomic E-state index is -0.0899. The van der Waals surface area contributed by atoms with Crippen LogP contribution in [0.5, 0.6) is 0 Å². The van der Waals surface area contributed by atoms with E-state index in [1.807, 2.05) is 31.2 Å². The number of H-pyrrole nitrogens is 1. The summed E-state index contributed by atoms with van der Waals surface area (Å²) in [6, 6.07) is 7.83. The van der Waals surface area contributed by atoms with E-state index in [4.69, 9.17) is 0 Å². The summed E-state index contributed by atoms with van der Waals surface area (Å²) in [7, 11) is 0. The van der Waals surface area contributed by atoms with Crippen LogP contribution >= 0.6 is 0 Å². The number of hydrogen-bond donors (Lipinski definition) is 3. The second-order valence-corrected chi connectivity index (χ2v) is 6.16. The largest absolute Gasteiger partial charge is 0.346 e. The van der Waals surface area contributed by atoms with E-state index in [0.29, 0.717) is 12.3 Å². The van der Waals surface area contributed by atoms with Gasteiger partial charge < -0.3 is 15.6 Å². The average molecular weight is 300 g/mol. The van der Waals surface area contributed by atoms with E-state index < -0.39 is 0 Å². The summed E-state index contributed by atoms with van der Waals surface area (Å²) in [5.74, 6) is 1.62. The minimum absolute atomic E-state index is 0.0899. The first-order valence-corrected chi connectivity index (χ1v) is 8.17. The number of nitrogens with one attached hydrogen (secondary N) is 3. The van der Waals surface area contributed by atoms with Gasteiger partial charge in [0.1, 0.15) is 5.82 Å². The van der Waals surface area contributed by atoms with Crippen LogP contribution in [0, 0.1) is 5.92 Å². The molecule has 0 saturated carbocycles. The number of piperidine rings is 1. The summed E-state index contributed by atoms with van der Waals surface area (Å²) >= 11 is 0. The van der Waals surface area contributed by atoms with Crippen molar-refractivity contribution in [3.05, 3.63) is 30.1 Å². The number of amides is 1. The molecule has 0 spiro atoms. The Morgan fingerprint density at radius 2 is 2.14 bits per heavy atom. The molecule has 1 unspecified atom stereocenters. The summed E-state index contributed by atoms with van der Waals surface area (Å²) in [5.41, 5.74) is 1.95. The van der Waals surface area contributed by atoms with Gasteiger partial charge in [-0.2, -0.15) is 0 Å². The Balaban J connectivity index is 1.51. The fourth-order valence-electron chi connectivity index (χ4n) is 3.07. The van der Waals surface area contributed by atoms with Crippen LogP contribution in [0.15, 0.2) is 24.3 Å². The molecule has 1 fully saturated rings. The number of benzene rings is 1. The van der Waals surface area contributed by atoms with Gasteiger partial charge in [-0.05, 0) is 57.3 Å². The van der Waals surface area contributed by atoms with E-state index in [2.05, 4.69) is 20.6 Å². The quantitative estimate of drug-likeness (QED) is 0.794. The van der Waals surface area contributed by atoms with E-state index in [1.165, 1.54) is 12.8 Å². The number of imidazole rings is 1. The van der Waals surface area contributed by atoms with Crippen LogP contribution in [0.2, 0.25) is 0 Å². The predicted molar refractivity (Wildman–Crippen MR) is 87.5 cm³/mol. The monoisotopic (exact) mass is 300 g/mol. The molecule has 5 nitrogen and oxygen atoms in total. The zero-order valence-corrected chi connectivity index (χ0v) is 13.1. The summed E-state index contributed by atoms with van der Waals surface area (Å²) in [6.45, 7) is 4.14. The smallest absolute Gasteiger partial charge is 0.220 e. The number of fused-ring (bicyclic) bond motifs is 1. The molecule has 118 valence electrons. The minimum Gasteiger partial charge on any atom is -0.346 e. The van der Waals surface area contributed by atoms with Gasteiger partial charge in [-0.25, -0.2) is 4.98 Å². The van der Waals surface area contributed by atoms with Crippen LogP contribution in [-0.2, 0) is 4.79 Å². The lowest BCUT2D eigenvalue weighted by atomic mass is 9.93. The first-order valence-electron chi connectivity index (χ1n) is 8.17. The summed E-state index contributed by atoms with van der Waals surface area (Å²) < 4.78 is 0. The third-order valence-electron chi connectivity index (χ3n) is 4.43. The Kier molecular flexibility index (Phi) is 4.73. The maximum absolute atomic E-state index is 12.1. The van der Waals surface area contributed by atoms with Crippen molar-refractivity contribution in [1.29, 1.82) is 0 Å². The van der Waals surface area contributed by atoms with Crippen LogP contribution < -0.4 is 10.6 Å². The van der Waals surface area contributed by atoms with Crippen molar-refractivity contribution in [3.63, 3.8) is 0 Å². The van der Waals surface area contributed by atoms with Gasteiger partial charge in [-0.3, -0.25) is 4.79 Å². The lowest BCUT2D eigenvalue weighted by Crippen LogP contribution is -2.30. The van der Waals surface area contributed by atoms with Crippen molar-refractivity contribution in [2.24, 2.45) is 5.92 Å². The molecule has 1 atom stereocenters. The highest BCUT2D eigenvalue weighted by atomic mass is 16.1. The van der Waals surface area contributed by atoms with Gasteiger partial charge in [-0.15, -0.1) is 0 Å². The van der Waals surface area contributed by atoms with Crippen molar-refractivity contribution in [3.8, 4) is 0 Å². The van der Waals surface area contributed by atoms with Crippen LogP contribution in [0.1, 0.15) is 44.5 Å². The molecule has 1 aromatic heterocycles. The second-order valence-electron chi connectivity index (χ2n) is 6.16. The third kappa shape index (κ3) is 3.65. The average Bonchev–Trinajstić information content (AvgIpc) is 2.98. The van der Waals surface area contributed by atoms with E-state index in [-0.39, 0.29) is 11.9 Å². The topological polar surface area (TPSA) is 69.8 Å². The molecule has 22 heavy (non-hydrogen) atoms. The first kappa shape index (κ1) is 15.0. The van der Waals surface area contributed by atoms with Crippen LogP contribution in [-0.4, -0.2) is 29.0 Å². The molecule has 1 aromatic carbocycles. The second kappa shape index (κ2) is 6.92. The summed E-state index contributed by atoms with van der Waals surface area (Å²) in [4.78, 5) is 19.9. The van der Waals surface area contributed by atoms with Crippen LogP contribution in [0.3, 0.4) is 0 Å². The Morgan fingerprint density at radius 1 is 1.36 bits per heavy atom. The number of carbonyl (C=O) groups excluding carboxylic acids is 1. The number of hydrogen-bond acceptors (Lipinski definition) is 3. The van der Waals surface area contributed by atoms with Gasteiger partial charge in [-0.1, -0.05) is 12.1 Å². The highest BCUT2D eigenvalue weighted by molar-refractivity contribution is 5.77. The van der Waals surface area contributed by atoms with Crippen LogP contribution in [0.4, 0.5) is 0 Å². The Bertz CT molecular complexity index is 597. The van der Waals surface area contributed by atoms with E-state index >= 15 is 0 Å². The van der Waals surface area contributed by atoms with E-state index in [1.54, 1.807) is 0 Å². The molecule has 3 N–H and O–H groups in total. The molecule has 1 aliphatic heterocycles. The third-order valence-corrected chi connectivity index (χ3v) is 4.43. The molecule has 1 saturated heterocycles. The Labute approximate surface area is 130 Å². The van der Waals surface area contributed by atoms with Crippen molar-refractivity contribution >= 4 is 16.9 Å². The maximum atomic E-state index is 12.1. The molecular weight excluding hydrogens is 276 g/mol. The van der Waals surface area contributed by atoms with Crippen LogP contribution in [0.25, 0.3) is 11.0 Å². The van der Waals surface area contributed by atoms with Gasteiger partial charge in [0, 0.05) is 6.42 Å². The van der Waals surface area contributed by atoms with E-state index in [0.717, 1.165) is 36.4 Å². The molecule has 1 amide bonds. The molecule has 5 heteroatoms. The van der Waals surface area contributed by atoms with Gasteiger partial charge in [0.15, 0.2) is 0 Å². The normalized spacial score (nSPS) is 17.5. The number of aromatic nitrogens is 2. The molecule has 2 heterocycles. The lowest BCUT2D eigenvalue weighted by Gasteiger charge is -2.22. The summed E-state index contributed by atoms with van der Waals surface area (Å²) in [5, 5.41) is 6.40. The highest BCUT2D eigenvalue weighted by Gasteiger charge is 2.17. The lowest BCUT2D eigenvalue weighted by molar-refractivity contribution is -0.122. The SMILES string of the molecule is CC(NC(=O)CCC1CCNCC1)c1nc2ccccc2[nH]1. The zero-order chi connectivity index (χ0) is 15.4. The van der Waals surface area contributed by atoms with Gasteiger partial charge >= 0.3 is 0 Å². The van der Waals surface area contributed by atoms with Gasteiger partial charge in [0.05, 0.1) is 17.1 Å². The number of carbonyl (C=O) groups is 1. The van der Waals surface area contributed by atoms with Crippen molar-refractivity contribution in [1.82, 2.24) is 20.6 Å². The highest BCUT2D eigenvalue weighted by Crippen LogP contribution is 2.19. The fourth-order valence-corrected chi connectivity index (χ4v) is 3.07. The maximum Gasteiger partial charge on any atom is 0.220 e. The molecule has 2 aromatic rings. The molecule has 1 aliphatic rings. The molecule has 3 rings (SSSR count). The number of aromatic amines is 1. The zero-order valence-electron chi connectivity index (χ0n) is 13.1. The fraction of sp³-hybridized carbons (Fsp3) is 0.529. The molecule has 0 bridgehead atoms. The first-order chi connectivity index (χ1) is 10.7. The predicted octanol–water partition coefficient (Wildman–Crippen LogP) is 2.52. The van der Waals surface area contributed by atoms with Gasteiger partial charge in [0.25, 0.3) is 0 Å². The van der Waals surface area contributed by atoms with E-state index in [9.17, 15) is 4.79 Å². The van der Waals surface area contributed by atoms with Gasteiger partial charge in [0.2, 0.25) is 5.91 Å². The molecule has 0 radical (unpaired) electrons. The molecule has 0 aliphatic carbocycles. The Morgan fingerprint density at radius 3 is 2.91 bits per heavy atom. The van der Waals surface area contributed by atoms with Crippen molar-refractivity contribution in [2.75, 3.05) is 13.1 Å². The number of nitrogens with zero attached hydrogens (tertiary/aromatic N) is 1. The standard InChI is InChI=1S/C17H24N4O/c1-12(17-20-14-4-2-3-5-15(14)21-17)19-16(22)7-6-13-8-10-18-11-9-13/h2-5,12-13,18H,6-11H2,1H3,(H,19,22)(H,20,21). The number of para-hydroxylation sites is 2. The Hall–Kier alpha value is -1.88. The van der Waals surface area contributed by atoms with Crippen molar-refractivity contribution < 1.29 is 4.79 Å². The summed E-state index contributed by atoms with van der Waals surface area (Å²) in [6.07, 6.45) is 3.97. The molecular formula is C17H24N4O. The van der Waals surface area contributed by atoms with Crippen molar-refractivity contribution in [2.45, 2.75) is 38.6 Å².